The van der Waals surface area contributed by atoms with Gasteiger partial charge in [-0.05, 0) is 13.8 Å². The lowest BCUT2D eigenvalue weighted by Crippen LogP contribution is -2.09. The van der Waals surface area contributed by atoms with Crippen LogP contribution in [0, 0.1) is 13.8 Å². The minimum atomic E-state index is 0.542. The molecule has 2 aromatic heterocycles. The van der Waals surface area contributed by atoms with Gasteiger partial charge in [0.05, 0.1) is 17.0 Å². The van der Waals surface area contributed by atoms with Crippen LogP contribution in [0.5, 0.6) is 0 Å². The number of aromatic nitrogens is 4. The molecule has 7 nitrogen and oxygen atoms in total. The Bertz CT molecular complexity index is 938. The van der Waals surface area contributed by atoms with Gasteiger partial charge in [-0.1, -0.05) is 29.8 Å². The zero-order valence-corrected chi connectivity index (χ0v) is 13.7. The van der Waals surface area contributed by atoms with Crippen LogP contribution in [-0.2, 0) is 0 Å². The van der Waals surface area contributed by atoms with Crippen LogP contribution in [0.1, 0.15) is 22.4 Å². The molecular weight excluding hydrogens is 302 g/mol. The van der Waals surface area contributed by atoms with Gasteiger partial charge in [-0.3, -0.25) is 5.10 Å². The number of rotatable bonds is 2. The fraction of sp³-hybridized carbons (Fsp3) is 0.176. The average Bonchev–Trinajstić information content (AvgIpc) is 2.85. The lowest BCUT2D eigenvalue weighted by atomic mass is 10.0. The fourth-order valence-corrected chi connectivity index (χ4v) is 2.63. The van der Waals surface area contributed by atoms with Crippen molar-refractivity contribution in [2.45, 2.75) is 13.8 Å². The first kappa shape index (κ1) is 14.4. The van der Waals surface area contributed by atoms with Crippen molar-refractivity contribution in [1.29, 1.82) is 0 Å². The highest BCUT2D eigenvalue weighted by Crippen LogP contribution is 2.35. The number of aliphatic imine (C=N–C) groups is 1. The van der Waals surface area contributed by atoms with Crippen LogP contribution >= 0.6 is 0 Å². The Labute approximate surface area is 139 Å². The Morgan fingerprint density at radius 3 is 2.58 bits per heavy atom. The van der Waals surface area contributed by atoms with Gasteiger partial charge >= 0.3 is 0 Å². The minimum Gasteiger partial charge on any atom is -0.357 e. The number of benzene rings is 1. The Morgan fingerprint density at radius 1 is 1.04 bits per heavy atom. The molecule has 4 rings (SSSR count). The summed E-state index contributed by atoms with van der Waals surface area (Å²) in [4.78, 5) is 13.7. The zero-order chi connectivity index (χ0) is 16.7. The molecule has 7 heteroatoms. The van der Waals surface area contributed by atoms with E-state index in [1.165, 1.54) is 5.56 Å². The van der Waals surface area contributed by atoms with E-state index in [4.69, 9.17) is 4.99 Å². The summed E-state index contributed by atoms with van der Waals surface area (Å²) in [6.07, 6.45) is 1.78. The summed E-state index contributed by atoms with van der Waals surface area (Å²) in [6.45, 7) is 4.01. The fourth-order valence-electron chi connectivity index (χ4n) is 2.63. The third kappa shape index (κ3) is 2.30. The maximum atomic E-state index is 4.86. The molecular formula is C17H17N7. The molecule has 0 fully saturated rings. The van der Waals surface area contributed by atoms with Gasteiger partial charge in [-0.15, -0.1) is 0 Å². The van der Waals surface area contributed by atoms with Crippen LogP contribution in [0.25, 0.3) is 0 Å². The number of aromatic amines is 1. The third-order valence-electron chi connectivity index (χ3n) is 3.97. The van der Waals surface area contributed by atoms with Gasteiger partial charge in [0, 0.05) is 18.8 Å². The molecule has 1 aliphatic rings. The Morgan fingerprint density at radius 2 is 1.83 bits per heavy atom. The Kier molecular flexibility index (Phi) is 3.26. The number of H-pyrrole nitrogens is 1. The zero-order valence-electron chi connectivity index (χ0n) is 13.7. The van der Waals surface area contributed by atoms with Crippen molar-refractivity contribution in [1.82, 2.24) is 20.2 Å². The molecule has 0 bridgehead atoms. The number of hydrogen-bond donors (Lipinski definition) is 3. The van der Waals surface area contributed by atoms with Crippen LogP contribution < -0.4 is 10.6 Å². The Balaban J connectivity index is 1.97. The van der Waals surface area contributed by atoms with E-state index in [1.807, 2.05) is 6.92 Å². The number of hydrogen-bond acceptors (Lipinski definition) is 6. The van der Waals surface area contributed by atoms with Crippen LogP contribution in [0.3, 0.4) is 0 Å². The highest BCUT2D eigenvalue weighted by molar-refractivity contribution is 6.17. The molecule has 0 unspecified atom stereocenters. The van der Waals surface area contributed by atoms with Crippen molar-refractivity contribution in [2.75, 3.05) is 17.7 Å². The van der Waals surface area contributed by atoms with E-state index < -0.39 is 0 Å². The largest absolute Gasteiger partial charge is 0.357 e. The van der Waals surface area contributed by atoms with Gasteiger partial charge < -0.3 is 10.6 Å². The van der Waals surface area contributed by atoms with Gasteiger partial charge in [0.1, 0.15) is 11.5 Å². The number of fused-ring (bicyclic) bond motifs is 2. The summed E-state index contributed by atoms with van der Waals surface area (Å²) in [7, 11) is 1.79. The summed E-state index contributed by atoms with van der Waals surface area (Å²) in [5.74, 6) is 1.88. The molecule has 0 aliphatic carbocycles. The van der Waals surface area contributed by atoms with Gasteiger partial charge in [0.25, 0.3) is 0 Å². The van der Waals surface area contributed by atoms with Crippen molar-refractivity contribution < 1.29 is 0 Å². The SMILES string of the molecule is CNc1ncc2c(n1)Nc1n[nH]c(C)c1N=C2c1ccc(C)cc1. The number of nitrogens with one attached hydrogen (secondary N) is 3. The van der Waals surface area contributed by atoms with E-state index in [0.29, 0.717) is 17.6 Å². The van der Waals surface area contributed by atoms with Gasteiger partial charge in [-0.25, -0.2) is 9.98 Å². The minimum absolute atomic E-state index is 0.542. The average molecular weight is 319 g/mol. The first-order chi connectivity index (χ1) is 11.7. The molecule has 24 heavy (non-hydrogen) atoms. The Hall–Kier alpha value is -3.22. The summed E-state index contributed by atoms with van der Waals surface area (Å²) < 4.78 is 0. The van der Waals surface area contributed by atoms with E-state index in [-0.39, 0.29) is 0 Å². The molecule has 1 aliphatic heterocycles. The molecule has 0 saturated carbocycles. The summed E-state index contributed by atoms with van der Waals surface area (Å²) >= 11 is 0. The molecule has 0 radical (unpaired) electrons. The highest BCUT2D eigenvalue weighted by Gasteiger charge is 2.22. The first-order valence-corrected chi connectivity index (χ1v) is 7.68. The molecule has 1 aromatic carbocycles. The van der Waals surface area contributed by atoms with E-state index >= 15 is 0 Å². The normalized spacial score (nSPS) is 12.5. The first-order valence-electron chi connectivity index (χ1n) is 7.68. The molecule has 0 amide bonds. The van der Waals surface area contributed by atoms with Crippen molar-refractivity contribution >= 4 is 29.0 Å². The predicted octanol–water partition coefficient (Wildman–Crippen LogP) is 3.08. The second-order valence-electron chi connectivity index (χ2n) is 5.70. The molecule has 3 heterocycles. The molecule has 0 saturated heterocycles. The van der Waals surface area contributed by atoms with E-state index in [2.05, 4.69) is 62.0 Å². The van der Waals surface area contributed by atoms with Gasteiger partial charge in [-0.2, -0.15) is 10.1 Å². The van der Waals surface area contributed by atoms with Crippen molar-refractivity contribution in [2.24, 2.45) is 4.99 Å². The maximum Gasteiger partial charge on any atom is 0.224 e. The van der Waals surface area contributed by atoms with E-state index in [1.54, 1.807) is 13.2 Å². The lowest BCUT2D eigenvalue weighted by molar-refractivity contribution is 1.04. The number of anilines is 3. The van der Waals surface area contributed by atoms with Crippen LogP contribution in [0.2, 0.25) is 0 Å². The second-order valence-corrected chi connectivity index (χ2v) is 5.70. The van der Waals surface area contributed by atoms with Gasteiger partial charge in [0.15, 0.2) is 5.82 Å². The topological polar surface area (TPSA) is 90.9 Å². The highest BCUT2D eigenvalue weighted by atomic mass is 15.2. The van der Waals surface area contributed by atoms with Crippen molar-refractivity contribution in [3.8, 4) is 0 Å². The van der Waals surface area contributed by atoms with Gasteiger partial charge in [0.2, 0.25) is 5.95 Å². The number of aryl methyl sites for hydroxylation is 2. The standard InChI is InChI=1S/C17H17N7/c1-9-4-6-11(7-5-9)14-12-8-19-17(18-3)22-15(12)21-16-13(20-14)10(2)23-24-16/h4-8H,1-3H3,(H3,18,19,21,22,23,24). The third-order valence-corrected chi connectivity index (χ3v) is 3.97. The molecule has 3 aromatic rings. The van der Waals surface area contributed by atoms with E-state index in [0.717, 1.165) is 28.2 Å². The van der Waals surface area contributed by atoms with Crippen LogP contribution in [-0.4, -0.2) is 32.9 Å². The summed E-state index contributed by atoms with van der Waals surface area (Å²) in [5.41, 5.74) is 5.57. The molecule has 0 spiro atoms. The molecule has 3 N–H and O–H groups in total. The monoisotopic (exact) mass is 319 g/mol. The lowest BCUT2D eigenvalue weighted by Gasteiger charge is -2.10. The van der Waals surface area contributed by atoms with E-state index in [9.17, 15) is 0 Å². The number of nitrogens with zero attached hydrogens (tertiary/aromatic N) is 4. The van der Waals surface area contributed by atoms with Crippen molar-refractivity contribution in [3.05, 3.63) is 52.8 Å². The predicted molar refractivity (Wildman–Crippen MR) is 94.7 cm³/mol. The molecule has 120 valence electrons. The maximum absolute atomic E-state index is 4.86. The van der Waals surface area contributed by atoms with Crippen molar-refractivity contribution in [3.63, 3.8) is 0 Å². The second kappa shape index (κ2) is 5.45. The molecule has 0 atom stereocenters. The van der Waals surface area contributed by atoms with Crippen LogP contribution in [0.15, 0.2) is 35.5 Å². The summed E-state index contributed by atoms with van der Waals surface area (Å²) in [6, 6.07) is 8.26. The quantitative estimate of drug-likeness (QED) is 0.528. The smallest absolute Gasteiger partial charge is 0.224 e. The van der Waals surface area contributed by atoms with Crippen LogP contribution in [0.4, 0.5) is 23.3 Å². The summed E-state index contributed by atoms with van der Waals surface area (Å²) in [5, 5.41) is 13.5.